The number of aromatic amines is 1. The van der Waals surface area contributed by atoms with Crippen LogP contribution in [0.4, 0.5) is 17.8 Å². The number of aromatic nitrogens is 10. The average molecular weight is 594 g/mol. The van der Waals surface area contributed by atoms with Gasteiger partial charge >= 0.3 is 0 Å². The molecule has 19 heteroatoms. The van der Waals surface area contributed by atoms with Gasteiger partial charge in [-0.2, -0.15) is 20.2 Å². The fourth-order valence-electron chi connectivity index (χ4n) is 2.53. The molecule has 0 radical (unpaired) electrons. The van der Waals surface area contributed by atoms with Gasteiger partial charge in [-0.15, -0.1) is 11.6 Å². The Morgan fingerprint density at radius 1 is 0.806 bits per heavy atom. The molecule has 0 fully saturated rings. The molecule has 0 unspecified atom stereocenters. The fourth-order valence-corrected chi connectivity index (χ4v) is 3.62. The predicted octanol–water partition coefficient (Wildman–Crippen LogP) is 3.07. The lowest BCUT2D eigenvalue weighted by Gasteiger charge is -1.99. The Hall–Kier alpha value is -3.30. The summed E-state index contributed by atoms with van der Waals surface area (Å²) in [6.45, 7) is 0.567. The molecular weight excluding hydrogens is 580 g/mol. The van der Waals surface area contributed by atoms with E-state index in [0.29, 0.717) is 51.1 Å². The first-order valence-corrected chi connectivity index (χ1v) is 11.5. The molecule has 5 aromatic heterocycles. The third-order valence-corrected chi connectivity index (χ3v) is 5.35. The van der Waals surface area contributed by atoms with Crippen LogP contribution in [0.25, 0.3) is 22.1 Å². The summed E-state index contributed by atoms with van der Waals surface area (Å²) in [4.78, 5) is 32.8. The molecule has 5 aromatic rings. The minimum atomic E-state index is -0.0504. The van der Waals surface area contributed by atoms with Gasteiger partial charge < -0.3 is 17.2 Å². The molecule has 14 nitrogen and oxygen atoms in total. The number of nitrogen functional groups attached to an aromatic ring is 3. The maximum atomic E-state index is 10.3. The van der Waals surface area contributed by atoms with Crippen molar-refractivity contribution >= 4 is 104 Å². The van der Waals surface area contributed by atoms with Crippen LogP contribution >= 0.6 is 58.0 Å². The van der Waals surface area contributed by atoms with Crippen molar-refractivity contribution in [2.75, 3.05) is 23.1 Å². The van der Waals surface area contributed by atoms with Gasteiger partial charge in [0, 0.05) is 5.88 Å². The topological polar surface area (TPSA) is 219 Å². The van der Waals surface area contributed by atoms with Gasteiger partial charge in [0.05, 0.1) is 35.3 Å². The van der Waals surface area contributed by atoms with Gasteiger partial charge in [0.15, 0.2) is 17.6 Å². The fraction of sp³-hybridized carbons (Fsp3) is 0.118. The Morgan fingerprint density at radius 3 is 1.97 bits per heavy atom. The molecule has 0 bridgehead atoms. The molecule has 7 N–H and O–H groups in total. The number of aryl methyl sites for hydroxylation is 1. The number of anilines is 3. The average Bonchev–Trinajstić information content (AvgIpc) is 3.42. The number of rotatable bonds is 3. The highest BCUT2D eigenvalue weighted by molar-refractivity contribution is 6.37. The van der Waals surface area contributed by atoms with Gasteiger partial charge in [-0.3, -0.25) is 9.89 Å². The van der Waals surface area contributed by atoms with Crippen LogP contribution < -0.4 is 17.2 Å². The van der Waals surface area contributed by atoms with Crippen LogP contribution in [0.1, 0.15) is 10.4 Å². The summed E-state index contributed by atoms with van der Waals surface area (Å²) < 4.78 is 1.65. The van der Waals surface area contributed by atoms with Crippen molar-refractivity contribution in [3.63, 3.8) is 0 Å². The number of nitrogens with two attached hydrogens (primary N) is 3. The molecule has 0 saturated carbocycles. The van der Waals surface area contributed by atoms with Crippen LogP contribution in [0.5, 0.6) is 0 Å². The van der Waals surface area contributed by atoms with Crippen molar-refractivity contribution in [1.82, 2.24) is 49.9 Å². The first-order valence-electron chi connectivity index (χ1n) is 9.40. The van der Waals surface area contributed by atoms with Crippen molar-refractivity contribution in [3.05, 3.63) is 38.6 Å². The summed E-state index contributed by atoms with van der Waals surface area (Å²) >= 11 is 28.2. The van der Waals surface area contributed by atoms with E-state index in [1.54, 1.807) is 17.1 Å². The lowest BCUT2D eigenvalue weighted by atomic mass is 10.4. The Morgan fingerprint density at radius 2 is 1.36 bits per heavy atom. The minimum absolute atomic E-state index is 0.0301. The molecule has 0 amide bonds. The summed E-state index contributed by atoms with van der Waals surface area (Å²) in [6, 6.07) is 0. The Bertz CT molecular complexity index is 1500. The molecule has 5 heterocycles. The third kappa shape index (κ3) is 6.47. The van der Waals surface area contributed by atoms with Gasteiger partial charge in [-0.25, -0.2) is 24.6 Å². The van der Waals surface area contributed by atoms with E-state index < -0.39 is 0 Å². The zero-order valence-electron chi connectivity index (χ0n) is 17.7. The normalized spacial score (nSPS) is 10.5. The predicted molar refractivity (Wildman–Crippen MR) is 138 cm³/mol. The SMILES string of the molecule is Nc1nc(Cl)c(C=O)c(Cl)n1.Nc1nc(Cl)c2cn[nH]c2n1.Nc1nc(Cl)c2cnn(CCCl)c2n1. The lowest BCUT2D eigenvalue weighted by molar-refractivity contribution is 0.112. The molecule has 0 atom stereocenters. The monoisotopic (exact) mass is 591 g/mol. The number of carbonyl (C=O) groups excluding carboxylic acids is 1. The number of nitrogens with zero attached hydrogens (tertiary/aromatic N) is 9. The maximum Gasteiger partial charge on any atom is 0.223 e. The molecule has 5 rings (SSSR count). The molecule has 36 heavy (non-hydrogen) atoms. The zero-order valence-corrected chi connectivity index (χ0v) is 21.5. The second-order valence-corrected chi connectivity index (χ2v) is 8.18. The van der Waals surface area contributed by atoms with Crippen LogP contribution in [0.2, 0.25) is 20.6 Å². The first-order chi connectivity index (χ1) is 17.1. The summed E-state index contributed by atoms with van der Waals surface area (Å²) in [7, 11) is 0. The Balaban J connectivity index is 0.000000152. The number of carbonyl (C=O) groups is 1. The highest BCUT2D eigenvalue weighted by atomic mass is 35.5. The van der Waals surface area contributed by atoms with E-state index in [0.717, 1.165) is 0 Å². The van der Waals surface area contributed by atoms with Crippen molar-refractivity contribution in [2.24, 2.45) is 0 Å². The van der Waals surface area contributed by atoms with Crippen molar-refractivity contribution in [2.45, 2.75) is 6.54 Å². The van der Waals surface area contributed by atoms with Gasteiger partial charge in [-0.05, 0) is 0 Å². The van der Waals surface area contributed by atoms with Crippen molar-refractivity contribution in [3.8, 4) is 0 Å². The Labute approximate surface area is 226 Å². The highest BCUT2D eigenvalue weighted by Gasteiger charge is 2.10. The molecular formula is C17H14Cl5N13O. The number of alkyl halides is 1. The summed E-state index contributed by atoms with van der Waals surface area (Å²) in [5, 5.41) is 12.4. The molecule has 0 aliphatic heterocycles. The highest BCUT2D eigenvalue weighted by Crippen LogP contribution is 2.21. The van der Waals surface area contributed by atoms with E-state index in [2.05, 4.69) is 45.2 Å². The van der Waals surface area contributed by atoms with Crippen LogP contribution in [-0.2, 0) is 6.54 Å². The number of halogens is 5. The van der Waals surface area contributed by atoms with Gasteiger partial charge in [0.25, 0.3) is 0 Å². The quantitative estimate of drug-likeness (QED) is 0.135. The van der Waals surface area contributed by atoms with E-state index >= 15 is 0 Å². The van der Waals surface area contributed by atoms with E-state index in [9.17, 15) is 4.79 Å². The van der Waals surface area contributed by atoms with Crippen LogP contribution in [0, 0.1) is 0 Å². The van der Waals surface area contributed by atoms with Gasteiger partial charge in [0.2, 0.25) is 17.8 Å². The smallest absolute Gasteiger partial charge is 0.223 e. The summed E-state index contributed by atoms with van der Waals surface area (Å²) in [5.74, 6) is 0.689. The van der Waals surface area contributed by atoms with Crippen LogP contribution in [0.15, 0.2) is 12.4 Å². The molecule has 0 aliphatic rings. The molecule has 0 aromatic carbocycles. The third-order valence-electron chi connectivity index (χ3n) is 4.03. The maximum absolute atomic E-state index is 10.3. The standard InChI is InChI=1S/C7H7Cl2N5.C5H3Cl2N3O.C5H4ClN5/c8-1-2-14-6-4(3-11-14)5(9)12-7(10)13-6;6-3-2(1-11)4(7)10-5(8)9-3;6-3-2-1-8-11-4(2)10-5(7)9-3/h3H,1-2H2,(H2,10,12,13);1H,(H2,8,9,10);1H,(H3,7,8,9,10,11). The van der Waals surface area contributed by atoms with Crippen molar-refractivity contribution < 1.29 is 4.79 Å². The number of H-pyrrole nitrogens is 1. The number of hydrogen-bond acceptors (Lipinski definition) is 12. The van der Waals surface area contributed by atoms with Gasteiger partial charge in [-0.1, -0.05) is 46.4 Å². The van der Waals surface area contributed by atoms with Crippen LogP contribution in [-0.4, -0.2) is 62.0 Å². The van der Waals surface area contributed by atoms with Crippen LogP contribution in [0.3, 0.4) is 0 Å². The lowest BCUT2D eigenvalue weighted by Crippen LogP contribution is -2.04. The Kier molecular flexibility index (Phi) is 9.17. The number of aldehydes is 1. The number of fused-ring (bicyclic) bond motifs is 2. The van der Waals surface area contributed by atoms with E-state index in [1.165, 1.54) is 0 Å². The molecule has 0 aliphatic carbocycles. The molecule has 0 saturated heterocycles. The summed E-state index contributed by atoms with van der Waals surface area (Å²) in [6.07, 6.45) is 3.63. The van der Waals surface area contributed by atoms with Gasteiger partial charge in [0.1, 0.15) is 20.6 Å². The largest absolute Gasteiger partial charge is 0.368 e. The van der Waals surface area contributed by atoms with E-state index in [-0.39, 0.29) is 33.7 Å². The second kappa shape index (κ2) is 12.1. The minimum Gasteiger partial charge on any atom is -0.368 e. The summed E-state index contributed by atoms with van der Waals surface area (Å²) in [5.41, 5.74) is 17.2. The molecule has 0 spiro atoms. The number of nitrogens with one attached hydrogen (secondary N) is 1. The van der Waals surface area contributed by atoms with E-state index in [4.69, 9.17) is 75.2 Å². The van der Waals surface area contributed by atoms with Crippen molar-refractivity contribution in [1.29, 1.82) is 0 Å². The second-order valence-electron chi connectivity index (χ2n) is 6.37. The van der Waals surface area contributed by atoms with E-state index in [1.807, 2.05) is 0 Å². The number of hydrogen-bond donors (Lipinski definition) is 4. The first kappa shape index (κ1) is 27.3. The molecule has 188 valence electrons. The zero-order chi connectivity index (χ0) is 26.4.